The van der Waals surface area contributed by atoms with Gasteiger partial charge in [-0.3, -0.25) is 4.79 Å². The molecule has 0 aliphatic heterocycles. The number of hydrogen-bond acceptors (Lipinski definition) is 3. The van der Waals surface area contributed by atoms with Gasteiger partial charge in [-0.15, -0.1) is 11.3 Å². The van der Waals surface area contributed by atoms with E-state index < -0.39 is 6.10 Å². The Morgan fingerprint density at radius 1 is 1.33 bits per heavy atom. The number of amides is 1. The lowest BCUT2D eigenvalue weighted by Gasteiger charge is -2.18. The first-order valence-electron chi connectivity index (χ1n) is 7.47. The SMILES string of the molecule is CCC(C)C(C)C(=O)NCC(O)c1cc2ccccc2s1. The summed E-state index contributed by atoms with van der Waals surface area (Å²) in [6.07, 6.45) is 0.337. The van der Waals surface area contributed by atoms with Crippen molar-refractivity contribution in [2.45, 2.75) is 33.3 Å². The van der Waals surface area contributed by atoms with Crippen LogP contribution in [0.15, 0.2) is 30.3 Å². The largest absolute Gasteiger partial charge is 0.386 e. The maximum Gasteiger partial charge on any atom is 0.223 e. The second-order valence-corrected chi connectivity index (χ2v) is 6.74. The Bertz CT molecular complexity index is 575. The predicted molar refractivity (Wildman–Crippen MR) is 88.4 cm³/mol. The Balaban J connectivity index is 1.95. The van der Waals surface area contributed by atoms with Crippen molar-refractivity contribution < 1.29 is 9.90 Å². The summed E-state index contributed by atoms with van der Waals surface area (Å²) >= 11 is 1.57. The van der Waals surface area contributed by atoms with Gasteiger partial charge in [0.2, 0.25) is 5.91 Å². The third kappa shape index (κ3) is 3.83. The van der Waals surface area contributed by atoms with E-state index in [1.807, 2.05) is 37.3 Å². The van der Waals surface area contributed by atoms with Crippen LogP contribution in [0.5, 0.6) is 0 Å². The monoisotopic (exact) mass is 305 g/mol. The highest BCUT2D eigenvalue weighted by molar-refractivity contribution is 7.19. The second-order valence-electron chi connectivity index (χ2n) is 5.62. The summed E-state index contributed by atoms with van der Waals surface area (Å²) in [5.74, 6) is 0.348. The fraction of sp³-hybridized carbons (Fsp3) is 0.471. The average molecular weight is 305 g/mol. The number of hydrogen-bond donors (Lipinski definition) is 2. The molecule has 1 amide bonds. The molecule has 0 fully saturated rings. The normalized spacial score (nSPS) is 15.6. The van der Waals surface area contributed by atoms with Crippen molar-refractivity contribution in [3.05, 3.63) is 35.2 Å². The Morgan fingerprint density at radius 3 is 2.71 bits per heavy atom. The fourth-order valence-electron chi connectivity index (χ4n) is 2.24. The molecule has 3 unspecified atom stereocenters. The number of carbonyl (C=O) groups excluding carboxylic acids is 1. The van der Waals surface area contributed by atoms with Crippen molar-refractivity contribution >= 4 is 27.3 Å². The number of fused-ring (bicyclic) bond motifs is 1. The molecule has 2 N–H and O–H groups in total. The van der Waals surface area contributed by atoms with E-state index in [0.29, 0.717) is 5.92 Å². The molecule has 3 atom stereocenters. The van der Waals surface area contributed by atoms with Gasteiger partial charge in [-0.1, -0.05) is 45.4 Å². The third-order valence-corrected chi connectivity index (χ3v) is 5.37. The van der Waals surface area contributed by atoms with Crippen molar-refractivity contribution in [3.63, 3.8) is 0 Å². The van der Waals surface area contributed by atoms with Gasteiger partial charge < -0.3 is 10.4 Å². The van der Waals surface area contributed by atoms with Crippen LogP contribution in [0.4, 0.5) is 0 Å². The van der Waals surface area contributed by atoms with Crippen LogP contribution in [-0.2, 0) is 4.79 Å². The van der Waals surface area contributed by atoms with Gasteiger partial charge in [0.25, 0.3) is 0 Å². The van der Waals surface area contributed by atoms with Crippen molar-refractivity contribution in [1.29, 1.82) is 0 Å². The number of aliphatic hydroxyl groups excluding tert-OH is 1. The molecule has 114 valence electrons. The lowest BCUT2D eigenvalue weighted by molar-refractivity contribution is -0.126. The van der Waals surface area contributed by atoms with Crippen LogP contribution in [0.1, 0.15) is 38.2 Å². The zero-order valence-corrected chi connectivity index (χ0v) is 13.6. The first-order chi connectivity index (χ1) is 10.0. The number of aliphatic hydroxyl groups is 1. The third-order valence-electron chi connectivity index (χ3n) is 4.15. The molecule has 0 spiro atoms. The van der Waals surface area contributed by atoms with E-state index in [2.05, 4.69) is 19.2 Å². The van der Waals surface area contributed by atoms with Gasteiger partial charge >= 0.3 is 0 Å². The highest BCUT2D eigenvalue weighted by atomic mass is 32.1. The molecule has 2 aromatic rings. The molecule has 1 aromatic carbocycles. The lowest BCUT2D eigenvalue weighted by Crippen LogP contribution is -2.35. The smallest absolute Gasteiger partial charge is 0.223 e. The van der Waals surface area contributed by atoms with Crippen molar-refractivity contribution in [2.75, 3.05) is 6.54 Å². The predicted octanol–water partition coefficient (Wildman–Crippen LogP) is 3.73. The first kappa shape index (κ1) is 16.0. The minimum Gasteiger partial charge on any atom is -0.386 e. The van der Waals surface area contributed by atoms with Crippen LogP contribution in [0.25, 0.3) is 10.1 Å². The summed E-state index contributed by atoms with van der Waals surface area (Å²) < 4.78 is 1.16. The van der Waals surface area contributed by atoms with Crippen LogP contribution in [0.3, 0.4) is 0 Å². The molecule has 1 aromatic heterocycles. The van der Waals surface area contributed by atoms with E-state index in [-0.39, 0.29) is 18.4 Å². The van der Waals surface area contributed by atoms with E-state index in [4.69, 9.17) is 0 Å². The van der Waals surface area contributed by atoms with Gasteiger partial charge in [-0.2, -0.15) is 0 Å². The summed E-state index contributed by atoms with van der Waals surface area (Å²) in [6, 6.07) is 10.0. The van der Waals surface area contributed by atoms with Gasteiger partial charge in [-0.05, 0) is 23.4 Å². The maximum atomic E-state index is 12.0. The van der Waals surface area contributed by atoms with Gasteiger partial charge in [0.05, 0.1) is 0 Å². The minimum atomic E-state index is -0.643. The number of benzene rings is 1. The van der Waals surface area contributed by atoms with Crippen molar-refractivity contribution in [1.82, 2.24) is 5.32 Å². The van der Waals surface area contributed by atoms with Crippen LogP contribution in [-0.4, -0.2) is 17.6 Å². The van der Waals surface area contributed by atoms with Crippen molar-refractivity contribution in [3.8, 4) is 0 Å². The first-order valence-corrected chi connectivity index (χ1v) is 8.28. The Morgan fingerprint density at radius 2 is 2.05 bits per heavy atom. The summed E-state index contributed by atoms with van der Waals surface area (Å²) in [4.78, 5) is 12.9. The van der Waals surface area contributed by atoms with Crippen LogP contribution >= 0.6 is 11.3 Å². The molecule has 21 heavy (non-hydrogen) atoms. The molecule has 2 rings (SSSR count). The molecular weight excluding hydrogens is 282 g/mol. The second kappa shape index (κ2) is 7.05. The maximum absolute atomic E-state index is 12.0. The Kier molecular flexibility index (Phi) is 5.37. The van der Waals surface area contributed by atoms with Crippen LogP contribution in [0.2, 0.25) is 0 Å². The highest BCUT2D eigenvalue weighted by Gasteiger charge is 2.20. The van der Waals surface area contributed by atoms with Gasteiger partial charge in [0.15, 0.2) is 0 Å². The van der Waals surface area contributed by atoms with Gasteiger partial charge in [0, 0.05) is 22.0 Å². The summed E-state index contributed by atoms with van der Waals surface area (Å²) in [7, 11) is 0. The summed E-state index contributed by atoms with van der Waals surface area (Å²) in [5, 5.41) is 14.2. The molecule has 4 heteroatoms. The van der Waals surface area contributed by atoms with E-state index in [1.165, 1.54) is 0 Å². The average Bonchev–Trinajstić information content (AvgIpc) is 2.94. The number of nitrogens with one attached hydrogen (secondary N) is 1. The minimum absolute atomic E-state index is 0.0181. The summed E-state index contributed by atoms with van der Waals surface area (Å²) in [5.41, 5.74) is 0. The van der Waals surface area contributed by atoms with E-state index in [0.717, 1.165) is 21.4 Å². The topological polar surface area (TPSA) is 49.3 Å². The Hall–Kier alpha value is -1.39. The van der Waals surface area contributed by atoms with Crippen LogP contribution in [0, 0.1) is 11.8 Å². The fourth-order valence-corrected chi connectivity index (χ4v) is 3.29. The molecule has 1 heterocycles. The zero-order valence-electron chi connectivity index (χ0n) is 12.8. The molecule has 0 aliphatic carbocycles. The molecule has 0 bridgehead atoms. The molecule has 3 nitrogen and oxygen atoms in total. The standard InChI is InChI=1S/C17H23NO2S/c1-4-11(2)12(3)17(20)18-10-14(19)16-9-13-7-5-6-8-15(13)21-16/h5-9,11-12,14,19H,4,10H2,1-3H3,(H,18,20). The highest BCUT2D eigenvalue weighted by Crippen LogP contribution is 2.29. The molecular formula is C17H23NO2S. The van der Waals surface area contributed by atoms with E-state index >= 15 is 0 Å². The van der Waals surface area contributed by atoms with Gasteiger partial charge in [0.1, 0.15) is 6.10 Å². The zero-order chi connectivity index (χ0) is 15.4. The Labute approximate surface area is 130 Å². The van der Waals surface area contributed by atoms with E-state index in [1.54, 1.807) is 11.3 Å². The number of thiophene rings is 1. The molecule has 0 aliphatic rings. The number of carbonyl (C=O) groups is 1. The molecule has 0 saturated heterocycles. The summed E-state index contributed by atoms with van der Waals surface area (Å²) in [6.45, 7) is 6.37. The van der Waals surface area contributed by atoms with E-state index in [9.17, 15) is 9.90 Å². The molecule has 0 radical (unpaired) electrons. The van der Waals surface area contributed by atoms with Crippen molar-refractivity contribution in [2.24, 2.45) is 11.8 Å². The lowest BCUT2D eigenvalue weighted by atomic mass is 9.93. The van der Waals surface area contributed by atoms with Gasteiger partial charge in [-0.25, -0.2) is 0 Å². The quantitative estimate of drug-likeness (QED) is 0.854. The molecule has 0 saturated carbocycles. The number of rotatable bonds is 6. The van der Waals surface area contributed by atoms with Crippen LogP contribution < -0.4 is 5.32 Å².